The van der Waals surface area contributed by atoms with E-state index in [0.29, 0.717) is 10.6 Å². The number of hydrogen-bond donors (Lipinski definition) is 1. The first-order valence-electron chi connectivity index (χ1n) is 15.4. The zero-order valence-corrected chi connectivity index (χ0v) is 28.1. The van der Waals surface area contributed by atoms with Crippen molar-refractivity contribution in [2.45, 2.75) is 65.3 Å². The summed E-state index contributed by atoms with van der Waals surface area (Å²) in [6.45, 7) is 12.2. The molecule has 1 saturated heterocycles. The maximum Gasteiger partial charge on any atom is 0.337 e. The summed E-state index contributed by atoms with van der Waals surface area (Å²) in [6, 6.07) is 15.8. The zero-order chi connectivity index (χ0) is 32.0. The molecule has 2 aromatic heterocycles. The lowest BCUT2D eigenvalue weighted by molar-refractivity contribution is -0.160. The molecule has 236 valence electrons. The molecule has 10 heteroatoms. The van der Waals surface area contributed by atoms with E-state index in [1.54, 1.807) is 11.3 Å². The molecule has 3 heterocycles. The van der Waals surface area contributed by atoms with Gasteiger partial charge in [0, 0.05) is 53.8 Å². The Hall–Kier alpha value is -3.50. The van der Waals surface area contributed by atoms with E-state index in [0.717, 1.165) is 86.7 Å². The number of fused-ring (bicyclic) bond motifs is 2. The van der Waals surface area contributed by atoms with Crippen LogP contribution in [0.25, 0.3) is 42.8 Å². The maximum atomic E-state index is 12.7. The number of halogens is 1. The fourth-order valence-electron chi connectivity index (χ4n) is 5.89. The number of carbonyl (C=O) groups is 1. The van der Waals surface area contributed by atoms with Crippen molar-refractivity contribution in [3.8, 4) is 21.7 Å². The predicted molar refractivity (Wildman–Crippen MR) is 183 cm³/mol. The van der Waals surface area contributed by atoms with Crippen molar-refractivity contribution < 1.29 is 19.4 Å². The lowest BCUT2D eigenvalue weighted by atomic mass is 9.91. The van der Waals surface area contributed by atoms with Gasteiger partial charge < -0.3 is 19.5 Å². The molecule has 1 aliphatic heterocycles. The molecule has 5 aromatic rings. The van der Waals surface area contributed by atoms with Crippen molar-refractivity contribution in [2.24, 2.45) is 7.05 Å². The van der Waals surface area contributed by atoms with E-state index in [2.05, 4.69) is 30.0 Å². The number of unbranched alkanes of at least 4 members (excludes halogenated alkanes) is 1. The molecule has 0 aliphatic carbocycles. The number of benzene rings is 3. The number of carboxylic acid groups (broad SMARTS) is 1. The number of nitrogens with zero attached hydrogens (tertiary/aromatic N) is 4. The third kappa shape index (κ3) is 6.31. The smallest absolute Gasteiger partial charge is 0.337 e. The van der Waals surface area contributed by atoms with Gasteiger partial charge in [0.2, 0.25) is 0 Å². The Morgan fingerprint density at radius 2 is 1.84 bits per heavy atom. The average Bonchev–Trinajstić information content (AvgIpc) is 3.53. The molecule has 6 rings (SSSR count). The van der Waals surface area contributed by atoms with Crippen molar-refractivity contribution in [3.63, 3.8) is 0 Å². The Balaban J connectivity index is 1.45. The van der Waals surface area contributed by atoms with Gasteiger partial charge >= 0.3 is 5.97 Å². The van der Waals surface area contributed by atoms with Crippen LogP contribution in [0, 0.1) is 6.92 Å². The van der Waals surface area contributed by atoms with Gasteiger partial charge in [-0.15, -0.1) is 11.3 Å². The zero-order valence-electron chi connectivity index (χ0n) is 26.6. The van der Waals surface area contributed by atoms with Gasteiger partial charge in [0.15, 0.2) is 11.9 Å². The molecule has 0 spiro atoms. The molecule has 0 radical (unpaired) electrons. The van der Waals surface area contributed by atoms with Gasteiger partial charge in [0.1, 0.15) is 5.01 Å². The monoisotopic (exact) mass is 646 g/mol. The first-order chi connectivity index (χ1) is 21.4. The molecule has 3 aromatic carbocycles. The highest BCUT2D eigenvalue weighted by Gasteiger charge is 2.33. The number of thiazole rings is 1. The molecule has 45 heavy (non-hydrogen) atoms. The van der Waals surface area contributed by atoms with E-state index in [1.165, 1.54) is 0 Å². The number of anilines is 1. The second-order valence-electron chi connectivity index (χ2n) is 12.7. The minimum absolute atomic E-state index is 0.238. The maximum absolute atomic E-state index is 12.7. The number of hydrogen-bond acceptors (Lipinski definition) is 7. The van der Waals surface area contributed by atoms with Crippen molar-refractivity contribution >= 4 is 55.8 Å². The van der Waals surface area contributed by atoms with E-state index in [-0.39, 0.29) is 6.10 Å². The summed E-state index contributed by atoms with van der Waals surface area (Å²) in [5.41, 5.74) is 5.27. The number of aliphatic carboxylic acids is 1. The van der Waals surface area contributed by atoms with Gasteiger partial charge in [0.05, 0.1) is 27.4 Å². The van der Waals surface area contributed by atoms with E-state index < -0.39 is 17.7 Å². The van der Waals surface area contributed by atoms with Crippen LogP contribution in [0.15, 0.2) is 48.5 Å². The molecule has 0 amide bonds. The fourth-order valence-corrected chi connectivity index (χ4v) is 7.13. The van der Waals surface area contributed by atoms with E-state index in [9.17, 15) is 9.90 Å². The van der Waals surface area contributed by atoms with Crippen LogP contribution >= 0.6 is 22.9 Å². The molecular formula is C35H39ClN4O4S. The highest BCUT2D eigenvalue weighted by molar-refractivity contribution is 7.22. The van der Waals surface area contributed by atoms with Gasteiger partial charge in [-0.2, -0.15) is 5.10 Å². The third-order valence-electron chi connectivity index (χ3n) is 8.10. The first-order valence-corrected chi connectivity index (χ1v) is 16.6. The van der Waals surface area contributed by atoms with Gasteiger partial charge in [0.25, 0.3) is 0 Å². The van der Waals surface area contributed by atoms with Crippen LogP contribution in [-0.2, 0) is 21.3 Å². The topological polar surface area (TPSA) is 89.7 Å². The molecule has 0 bridgehead atoms. The summed E-state index contributed by atoms with van der Waals surface area (Å²) >= 11 is 7.82. The van der Waals surface area contributed by atoms with Crippen LogP contribution in [0.3, 0.4) is 0 Å². The van der Waals surface area contributed by atoms with Gasteiger partial charge in [-0.05, 0) is 81.6 Å². The lowest BCUT2D eigenvalue weighted by Gasteiger charge is -2.39. The molecule has 1 atom stereocenters. The van der Waals surface area contributed by atoms with Crippen LogP contribution in [0.4, 0.5) is 5.82 Å². The van der Waals surface area contributed by atoms with Crippen LogP contribution in [-0.4, -0.2) is 57.2 Å². The van der Waals surface area contributed by atoms with Gasteiger partial charge in [-0.25, -0.2) is 9.78 Å². The molecule has 8 nitrogen and oxygen atoms in total. The fraction of sp³-hybridized carbons (Fsp3) is 0.400. The summed E-state index contributed by atoms with van der Waals surface area (Å²) in [5, 5.41) is 17.8. The molecule has 0 saturated carbocycles. The van der Waals surface area contributed by atoms with Crippen molar-refractivity contribution in [1.82, 2.24) is 14.8 Å². The number of aryl methyl sites for hydroxylation is 2. The van der Waals surface area contributed by atoms with Crippen LogP contribution in [0.1, 0.15) is 57.8 Å². The molecule has 1 aliphatic rings. The summed E-state index contributed by atoms with van der Waals surface area (Å²) in [6.07, 6.45) is 1.28. The minimum Gasteiger partial charge on any atom is -0.479 e. The van der Waals surface area contributed by atoms with Gasteiger partial charge in [-0.3, -0.25) is 4.68 Å². The van der Waals surface area contributed by atoms with E-state index in [4.69, 9.17) is 31.2 Å². The molecule has 0 unspecified atom stereocenters. The second kappa shape index (κ2) is 12.4. The number of ether oxygens (including phenoxy) is 2. The number of carboxylic acids is 1. The third-order valence-corrected chi connectivity index (χ3v) is 9.49. The standard InChI is InChI=1S/C35H39ClN4O4S/c1-7-8-15-43-24-18-40(19-24)32-25-17-22(11-14-27(25)39(6)38-32)33-37-26-16-20(2)28(30(34(41)42)44-35(3,4)5)29(31(26)45-33)21-9-12-23(36)13-10-21/h9-14,16-17,24,30H,7-8,15,18-19H2,1-6H3,(H,41,42)/t30-/m0/s1. The van der Waals surface area contributed by atoms with Gasteiger partial charge in [-0.1, -0.05) is 37.1 Å². The highest BCUT2D eigenvalue weighted by Crippen LogP contribution is 2.45. The summed E-state index contributed by atoms with van der Waals surface area (Å²) < 4.78 is 15.0. The van der Waals surface area contributed by atoms with Crippen molar-refractivity contribution in [3.05, 3.63) is 64.7 Å². The lowest BCUT2D eigenvalue weighted by Crippen LogP contribution is -2.52. The number of aromatic nitrogens is 3. The van der Waals surface area contributed by atoms with Crippen LogP contribution in [0.2, 0.25) is 5.02 Å². The Morgan fingerprint density at radius 3 is 2.51 bits per heavy atom. The highest BCUT2D eigenvalue weighted by atomic mass is 35.5. The average molecular weight is 647 g/mol. The summed E-state index contributed by atoms with van der Waals surface area (Å²) in [7, 11) is 1.97. The molecular weight excluding hydrogens is 608 g/mol. The first kappa shape index (κ1) is 31.5. The minimum atomic E-state index is -1.16. The normalized spacial score (nSPS) is 14.8. The largest absolute Gasteiger partial charge is 0.479 e. The molecule has 1 fully saturated rings. The van der Waals surface area contributed by atoms with Crippen LogP contribution < -0.4 is 4.90 Å². The quantitative estimate of drug-likeness (QED) is 0.152. The predicted octanol–water partition coefficient (Wildman–Crippen LogP) is 8.42. The van der Waals surface area contributed by atoms with Crippen LogP contribution in [0.5, 0.6) is 0 Å². The van der Waals surface area contributed by atoms with Crippen molar-refractivity contribution in [2.75, 3.05) is 24.6 Å². The number of rotatable bonds is 10. The summed E-state index contributed by atoms with van der Waals surface area (Å²) in [4.78, 5) is 20.0. The second-order valence-corrected chi connectivity index (χ2v) is 14.2. The SMILES string of the molecule is CCCCOC1CN(c2nn(C)c3ccc(-c4nc5cc(C)c([C@H](OC(C)(C)C)C(=O)O)c(-c6ccc(Cl)cc6)c5s4)cc23)C1. The Bertz CT molecular complexity index is 1870. The Kier molecular flexibility index (Phi) is 8.65. The summed E-state index contributed by atoms with van der Waals surface area (Å²) in [5.74, 6) is -0.0831. The van der Waals surface area contributed by atoms with E-state index in [1.807, 2.05) is 69.8 Å². The Morgan fingerprint density at radius 1 is 1.13 bits per heavy atom. The Labute approximate surface area is 272 Å². The van der Waals surface area contributed by atoms with Crippen molar-refractivity contribution in [1.29, 1.82) is 0 Å². The van der Waals surface area contributed by atoms with E-state index >= 15 is 0 Å². The molecule has 1 N–H and O–H groups in total.